The average molecular weight is 322 g/mol. The number of hydrogen-bond acceptors (Lipinski definition) is 4. The minimum atomic E-state index is 0.00223. The van der Waals surface area contributed by atoms with Crippen molar-refractivity contribution in [1.82, 2.24) is 19.8 Å². The molecule has 24 heavy (non-hydrogen) atoms. The fraction of sp³-hybridized carbons (Fsp3) is 0.421. The molecule has 1 fully saturated rings. The van der Waals surface area contributed by atoms with Crippen LogP contribution in [0.1, 0.15) is 33.7 Å². The lowest BCUT2D eigenvalue weighted by molar-refractivity contribution is 0.0767. The third-order valence-corrected chi connectivity index (χ3v) is 5.13. The van der Waals surface area contributed by atoms with Crippen LogP contribution in [0, 0.1) is 6.92 Å². The molecule has 1 amide bonds. The highest BCUT2D eigenvalue weighted by atomic mass is 16.2. The van der Waals surface area contributed by atoms with Crippen LogP contribution >= 0.6 is 0 Å². The minimum absolute atomic E-state index is 0.00223. The van der Waals surface area contributed by atoms with E-state index in [2.05, 4.69) is 39.1 Å². The van der Waals surface area contributed by atoms with E-state index < -0.39 is 0 Å². The van der Waals surface area contributed by atoms with Crippen LogP contribution in [-0.2, 0) is 13.0 Å². The third kappa shape index (κ3) is 2.91. The van der Waals surface area contributed by atoms with Gasteiger partial charge in [-0.25, -0.2) is 4.98 Å². The van der Waals surface area contributed by atoms with Gasteiger partial charge in [-0.2, -0.15) is 0 Å². The fourth-order valence-corrected chi connectivity index (χ4v) is 3.72. The van der Waals surface area contributed by atoms with Gasteiger partial charge in [0.2, 0.25) is 0 Å². The first-order valence-electron chi connectivity index (χ1n) is 8.59. The Hall–Kier alpha value is -2.27. The van der Waals surface area contributed by atoms with Crippen molar-refractivity contribution in [2.75, 3.05) is 19.6 Å². The number of aryl methyl sites for hydroxylation is 1. The summed E-state index contributed by atoms with van der Waals surface area (Å²) in [5, 5.41) is 0. The Balaban J connectivity index is 1.42. The number of amides is 1. The van der Waals surface area contributed by atoms with Gasteiger partial charge in [-0.1, -0.05) is 24.3 Å². The van der Waals surface area contributed by atoms with Crippen LogP contribution in [0.25, 0.3) is 0 Å². The van der Waals surface area contributed by atoms with Gasteiger partial charge in [-0.05, 0) is 30.9 Å². The number of fused-ring (bicyclic) bond motifs is 1. The van der Waals surface area contributed by atoms with Crippen molar-refractivity contribution in [3.8, 4) is 0 Å². The van der Waals surface area contributed by atoms with E-state index in [1.165, 1.54) is 11.1 Å². The molecule has 4 rings (SSSR count). The van der Waals surface area contributed by atoms with Crippen LogP contribution in [0.3, 0.4) is 0 Å². The number of hydrogen-bond donors (Lipinski definition) is 0. The van der Waals surface area contributed by atoms with Crippen molar-refractivity contribution in [3.05, 3.63) is 59.2 Å². The van der Waals surface area contributed by atoms with Crippen molar-refractivity contribution in [2.24, 2.45) is 0 Å². The molecule has 0 spiro atoms. The summed E-state index contributed by atoms with van der Waals surface area (Å²) < 4.78 is 0. The maximum atomic E-state index is 12.6. The van der Waals surface area contributed by atoms with Gasteiger partial charge in [0.05, 0.1) is 11.9 Å². The Morgan fingerprint density at radius 1 is 1.12 bits per heavy atom. The Morgan fingerprint density at radius 2 is 1.96 bits per heavy atom. The zero-order valence-corrected chi connectivity index (χ0v) is 14.0. The molecule has 0 saturated carbocycles. The van der Waals surface area contributed by atoms with Crippen LogP contribution in [-0.4, -0.2) is 51.4 Å². The molecule has 5 heteroatoms. The van der Waals surface area contributed by atoms with Gasteiger partial charge < -0.3 is 4.90 Å². The zero-order chi connectivity index (χ0) is 16.5. The summed E-state index contributed by atoms with van der Waals surface area (Å²) in [4.78, 5) is 25.4. The fourth-order valence-electron chi connectivity index (χ4n) is 3.72. The first-order chi connectivity index (χ1) is 11.7. The lowest BCUT2D eigenvalue weighted by Crippen LogP contribution is -2.41. The molecule has 0 bridgehead atoms. The molecule has 2 aliphatic heterocycles. The summed E-state index contributed by atoms with van der Waals surface area (Å²) in [7, 11) is 0. The minimum Gasteiger partial charge on any atom is -0.336 e. The Labute approximate surface area is 142 Å². The molecule has 124 valence electrons. The summed E-state index contributed by atoms with van der Waals surface area (Å²) in [5.74, 6) is 0.00223. The second-order valence-corrected chi connectivity index (χ2v) is 6.73. The molecular weight excluding hydrogens is 300 g/mol. The van der Waals surface area contributed by atoms with Gasteiger partial charge >= 0.3 is 0 Å². The first-order valence-corrected chi connectivity index (χ1v) is 8.59. The molecule has 1 aromatic carbocycles. The molecule has 1 atom stereocenters. The molecule has 2 aromatic rings. The molecule has 5 nitrogen and oxygen atoms in total. The van der Waals surface area contributed by atoms with Crippen LogP contribution < -0.4 is 0 Å². The van der Waals surface area contributed by atoms with E-state index in [-0.39, 0.29) is 5.91 Å². The quantitative estimate of drug-likeness (QED) is 0.849. The van der Waals surface area contributed by atoms with Crippen molar-refractivity contribution in [2.45, 2.75) is 32.4 Å². The predicted octanol–water partition coefficient (Wildman–Crippen LogP) is 2.06. The van der Waals surface area contributed by atoms with Crippen molar-refractivity contribution < 1.29 is 4.79 Å². The molecule has 2 aliphatic rings. The zero-order valence-electron chi connectivity index (χ0n) is 14.0. The lowest BCUT2D eigenvalue weighted by Gasteiger charge is -2.33. The van der Waals surface area contributed by atoms with E-state index in [9.17, 15) is 4.79 Å². The SMILES string of the molecule is Cc1cnc(C(=O)N2CCC(N3CCc4ccccc4C3)C2)cn1. The molecule has 1 aromatic heterocycles. The van der Waals surface area contributed by atoms with Gasteiger partial charge in [-0.3, -0.25) is 14.7 Å². The smallest absolute Gasteiger partial charge is 0.274 e. The molecular formula is C19H22N4O. The molecule has 0 aliphatic carbocycles. The topological polar surface area (TPSA) is 49.3 Å². The Morgan fingerprint density at radius 3 is 2.75 bits per heavy atom. The van der Waals surface area contributed by atoms with E-state index in [1.54, 1.807) is 12.4 Å². The van der Waals surface area contributed by atoms with E-state index in [0.29, 0.717) is 11.7 Å². The van der Waals surface area contributed by atoms with E-state index in [0.717, 1.165) is 44.7 Å². The summed E-state index contributed by atoms with van der Waals surface area (Å²) in [6, 6.07) is 9.13. The van der Waals surface area contributed by atoms with Crippen molar-refractivity contribution in [1.29, 1.82) is 0 Å². The summed E-state index contributed by atoms with van der Waals surface area (Å²) in [5.41, 5.74) is 4.18. The van der Waals surface area contributed by atoms with Crippen LogP contribution in [0.4, 0.5) is 0 Å². The summed E-state index contributed by atoms with van der Waals surface area (Å²) in [6.07, 6.45) is 5.38. The molecule has 0 radical (unpaired) electrons. The average Bonchev–Trinajstić information content (AvgIpc) is 3.11. The third-order valence-electron chi connectivity index (χ3n) is 5.13. The second kappa shape index (κ2) is 6.32. The van der Waals surface area contributed by atoms with Crippen LogP contribution in [0.5, 0.6) is 0 Å². The van der Waals surface area contributed by atoms with E-state index in [4.69, 9.17) is 0 Å². The van der Waals surface area contributed by atoms with Gasteiger partial charge in [0, 0.05) is 38.4 Å². The van der Waals surface area contributed by atoms with Gasteiger partial charge in [0.1, 0.15) is 5.69 Å². The number of rotatable bonds is 2. The number of aromatic nitrogens is 2. The number of carbonyl (C=O) groups is 1. The van der Waals surface area contributed by atoms with E-state index >= 15 is 0 Å². The number of benzene rings is 1. The first kappa shape index (κ1) is 15.3. The maximum absolute atomic E-state index is 12.6. The van der Waals surface area contributed by atoms with Crippen molar-refractivity contribution >= 4 is 5.91 Å². The number of nitrogens with zero attached hydrogens (tertiary/aromatic N) is 4. The Bertz CT molecular complexity index is 743. The summed E-state index contributed by atoms with van der Waals surface area (Å²) >= 11 is 0. The lowest BCUT2D eigenvalue weighted by atomic mass is 9.98. The summed E-state index contributed by atoms with van der Waals surface area (Å²) in [6.45, 7) is 5.54. The highest BCUT2D eigenvalue weighted by molar-refractivity contribution is 5.92. The number of likely N-dealkylation sites (tertiary alicyclic amines) is 1. The van der Waals surface area contributed by atoms with E-state index in [1.807, 2.05) is 11.8 Å². The van der Waals surface area contributed by atoms with Gasteiger partial charge in [0.15, 0.2) is 0 Å². The highest BCUT2D eigenvalue weighted by Crippen LogP contribution is 2.25. The largest absolute Gasteiger partial charge is 0.336 e. The van der Waals surface area contributed by atoms with Gasteiger partial charge in [-0.15, -0.1) is 0 Å². The standard InChI is InChI=1S/C19H22N4O/c1-14-10-21-18(11-20-14)19(24)23-9-7-17(13-23)22-8-6-15-4-2-3-5-16(15)12-22/h2-5,10-11,17H,6-9,12-13H2,1H3. The highest BCUT2D eigenvalue weighted by Gasteiger charge is 2.32. The molecule has 1 unspecified atom stereocenters. The second-order valence-electron chi connectivity index (χ2n) is 6.73. The number of carbonyl (C=O) groups excluding carboxylic acids is 1. The van der Waals surface area contributed by atoms with Crippen molar-refractivity contribution in [3.63, 3.8) is 0 Å². The predicted molar refractivity (Wildman–Crippen MR) is 91.6 cm³/mol. The Kier molecular flexibility index (Phi) is 4.02. The van der Waals surface area contributed by atoms with Crippen LogP contribution in [0.15, 0.2) is 36.7 Å². The van der Waals surface area contributed by atoms with Gasteiger partial charge in [0.25, 0.3) is 5.91 Å². The maximum Gasteiger partial charge on any atom is 0.274 e. The molecule has 1 saturated heterocycles. The molecule has 3 heterocycles. The molecule has 0 N–H and O–H groups in total. The monoisotopic (exact) mass is 322 g/mol. The van der Waals surface area contributed by atoms with Crippen LogP contribution in [0.2, 0.25) is 0 Å². The normalized spacial score (nSPS) is 20.9.